The Bertz CT molecular complexity index is 636. The van der Waals surface area contributed by atoms with Gasteiger partial charge in [0.05, 0.1) is 11.6 Å². The highest BCUT2D eigenvalue weighted by Crippen LogP contribution is 2.26. The molecule has 2 heterocycles. The van der Waals surface area contributed by atoms with Crippen LogP contribution in [0.15, 0.2) is 34.7 Å². The molecular formula is C14H12N4O. The summed E-state index contributed by atoms with van der Waals surface area (Å²) in [5.74, 6) is 5.14. The number of nitrogens with zero attached hydrogens (tertiary/aromatic N) is 3. The van der Waals surface area contributed by atoms with Gasteiger partial charge in [-0.3, -0.25) is 9.78 Å². The lowest BCUT2D eigenvalue weighted by molar-refractivity contribution is -0.120. The fourth-order valence-corrected chi connectivity index (χ4v) is 2.30. The lowest BCUT2D eigenvalue weighted by Crippen LogP contribution is -2.32. The van der Waals surface area contributed by atoms with Gasteiger partial charge >= 0.3 is 0 Å². The van der Waals surface area contributed by atoms with Crippen LogP contribution in [0.2, 0.25) is 0 Å². The van der Waals surface area contributed by atoms with Crippen LogP contribution >= 0.6 is 0 Å². The van der Waals surface area contributed by atoms with Crippen LogP contribution in [0.25, 0.3) is 0 Å². The van der Waals surface area contributed by atoms with E-state index >= 15 is 0 Å². The number of carbonyl (C=O) groups excluding carboxylic acids is 1. The van der Waals surface area contributed by atoms with Crippen LogP contribution in [-0.2, 0) is 4.79 Å². The third kappa shape index (κ3) is 2.25. The maximum atomic E-state index is 11.2. The molecule has 2 N–H and O–H groups in total. The highest BCUT2D eigenvalue weighted by Gasteiger charge is 2.30. The highest BCUT2D eigenvalue weighted by atomic mass is 16.1. The van der Waals surface area contributed by atoms with E-state index in [1.165, 1.54) is 0 Å². The zero-order chi connectivity index (χ0) is 13.2. The summed E-state index contributed by atoms with van der Waals surface area (Å²) in [6.07, 6.45) is 4.82. The normalized spacial score (nSPS) is 24.4. The molecule has 5 heteroatoms. The number of fused-ring (bicyclic) bond motifs is 1. The predicted molar refractivity (Wildman–Crippen MR) is 71.4 cm³/mol. The summed E-state index contributed by atoms with van der Waals surface area (Å²) in [4.78, 5) is 15.2. The molecule has 19 heavy (non-hydrogen) atoms. The first-order valence-corrected chi connectivity index (χ1v) is 6.09. The number of pyridine rings is 1. The van der Waals surface area contributed by atoms with Crippen molar-refractivity contribution in [1.29, 1.82) is 0 Å². The molecule has 1 aliphatic heterocycles. The molecule has 0 aromatic carbocycles. The average molecular weight is 252 g/mol. The predicted octanol–water partition coefficient (Wildman–Crippen LogP) is 0.755. The fourth-order valence-electron chi connectivity index (χ4n) is 2.30. The fraction of sp³-hybridized carbons (Fsp3) is 0.286. The molecular weight excluding hydrogens is 240 g/mol. The van der Waals surface area contributed by atoms with Crippen molar-refractivity contribution < 1.29 is 4.79 Å². The molecule has 5 nitrogen and oxygen atoms in total. The monoisotopic (exact) mass is 252 g/mol. The van der Waals surface area contributed by atoms with E-state index in [0.29, 0.717) is 6.42 Å². The van der Waals surface area contributed by atoms with E-state index < -0.39 is 0 Å². The van der Waals surface area contributed by atoms with Crippen molar-refractivity contribution in [2.75, 3.05) is 0 Å². The quantitative estimate of drug-likeness (QED) is 0.788. The molecule has 1 aromatic heterocycles. The molecule has 2 unspecified atom stereocenters. The zero-order valence-corrected chi connectivity index (χ0v) is 10.2. The minimum Gasteiger partial charge on any atom is -0.369 e. The minimum absolute atomic E-state index is 0.138. The summed E-state index contributed by atoms with van der Waals surface area (Å²) in [6, 6.07) is 3.80. The first-order chi connectivity index (χ1) is 9.24. The third-order valence-electron chi connectivity index (χ3n) is 3.36. The van der Waals surface area contributed by atoms with Crippen LogP contribution in [0.1, 0.15) is 18.4 Å². The van der Waals surface area contributed by atoms with E-state index in [4.69, 9.17) is 5.73 Å². The molecule has 2 aliphatic rings. The largest absolute Gasteiger partial charge is 0.369 e. The number of rotatable bonds is 2. The van der Waals surface area contributed by atoms with Gasteiger partial charge in [-0.1, -0.05) is 5.92 Å². The Labute approximate surface area is 110 Å². The maximum absolute atomic E-state index is 11.2. The van der Waals surface area contributed by atoms with E-state index in [-0.39, 0.29) is 17.7 Å². The van der Waals surface area contributed by atoms with Crippen LogP contribution < -0.4 is 5.73 Å². The van der Waals surface area contributed by atoms with Crippen LogP contribution in [0.4, 0.5) is 0 Å². The first kappa shape index (κ1) is 11.6. The summed E-state index contributed by atoms with van der Waals surface area (Å²) in [5.41, 5.74) is 7.99. The van der Waals surface area contributed by atoms with Crippen molar-refractivity contribution in [3.05, 3.63) is 30.1 Å². The Hall–Kier alpha value is -2.48. The molecule has 0 radical (unpaired) electrons. The molecule has 1 amide bonds. The van der Waals surface area contributed by atoms with Gasteiger partial charge in [0.25, 0.3) is 0 Å². The Morgan fingerprint density at radius 1 is 1.32 bits per heavy atom. The molecule has 0 spiro atoms. The zero-order valence-electron chi connectivity index (χ0n) is 10.2. The van der Waals surface area contributed by atoms with Gasteiger partial charge < -0.3 is 5.73 Å². The van der Waals surface area contributed by atoms with Gasteiger partial charge in [0.2, 0.25) is 5.91 Å². The molecule has 1 aromatic rings. The molecule has 0 bridgehead atoms. The SMILES string of the molecule is NC(=O)C1C#CC2=NN=C(c3ccncc3)CC2C1. The molecule has 94 valence electrons. The summed E-state index contributed by atoms with van der Waals surface area (Å²) >= 11 is 0. The van der Waals surface area contributed by atoms with Crippen molar-refractivity contribution in [1.82, 2.24) is 4.98 Å². The molecule has 1 aliphatic carbocycles. The van der Waals surface area contributed by atoms with Gasteiger partial charge in [-0.25, -0.2) is 0 Å². The van der Waals surface area contributed by atoms with E-state index in [9.17, 15) is 4.79 Å². The number of nitrogens with two attached hydrogens (primary N) is 1. The second-order valence-corrected chi connectivity index (χ2v) is 4.63. The van der Waals surface area contributed by atoms with E-state index in [1.807, 2.05) is 12.1 Å². The van der Waals surface area contributed by atoms with Crippen molar-refractivity contribution >= 4 is 17.3 Å². The lowest BCUT2D eigenvalue weighted by Gasteiger charge is -2.24. The van der Waals surface area contributed by atoms with Crippen LogP contribution in [-0.4, -0.2) is 22.3 Å². The van der Waals surface area contributed by atoms with Gasteiger partial charge in [0.15, 0.2) is 0 Å². The van der Waals surface area contributed by atoms with E-state index in [1.54, 1.807) is 12.4 Å². The van der Waals surface area contributed by atoms with Gasteiger partial charge in [-0.15, -0.1) is 5.10 Å². The third-order valence-corrected chi connectivity index (χ3v) is 3.36. The maximum Gasteiger partial charge on any atom is 0.232 e. The number of aromatic nitrogens is 1. The number of carbonyl (C=O) groups is 1. The highest BCUT2D eigenvalue weighted by molar-refractivity contribution is 6.11. The topological polar surface area (TPSA) is 80.7 Å². The second kappa shape index (κ2) is 4.65. The number of primary amides is 1. The van der Waals surface area contributed by atoms with Crippen molar-refractivity contribution in [3.63, 3.8) is 0 Å². The van der Waals surface area contributed by atoms with Gasteiger partial charge in [0, 0.05) is 30.3 Å². The molecule has 0 fully saturated rings. The van der Waals surface area contributed by atoms with Gasteiger partial charge in [-0.05, 0) is 24.5 Å². The molecule has 2 atom stereocenters. The van der Waals surface area contributed by atoms with Crippen LogP contribution in [0.3, 0.4) is 0 Å². The van der Waals surface area contributed by atoms with E-state index in [0.717, 1.165) is 23.4 Å². The number of hydrogen-bond acceptors (Lipinski definition) is 4. The van der Waals surface area contributed by atoms with Crippen molar-refractivity contribution in [2.45, 2.75) is 12.8 Å². The number of amides is 1. The van der Waals surface area contributed by atoms with Crippen LogP contribution in [0.5, 0.6) is 0 Å². The average Bonchev–Trinajstić information content (AvgIpc) is 2.47. The van der Waals surface area contributed by atoms with Crippen molar-refractivity contribution in [2.24, 2.45) is 27.8 Å². The van der Waals surface area contributed by atoms with E-state index in [2.05, 4.69) is 27.0 Å². The minimum atomic E-state index is -0.374. The Morgan fingerprint density at radius 3 is 2.84 bits per heavy atom. The lowest BCUT2D eigenvalue weighted by atomic mass is 9.82. The summed E-state index contributed by atoms with van der Waals surface area (Å²) in [7, 11) is 0. The van der Waals surface area contributed by atoms with Crippen LogP contribution in [0, 0.1) is 23.7 Å². The Kier molecular flexibility index (Phi) is 2.84. The summed E-state index contributed by atoms with van der Waals surface area (Å²) in [6.45, 7) is 0. The molecule has 3 rings (SSSR count). The molecule has 0 saturated carbocycles. The first-order valence-electron chi connectivity index (χ1n) is 6.09. The Morgan fingerprint density at radius 2 is 2.11 bits per heavy atom. The number of hydrogen-bond donors (Lipinski definition) is 1. The molecule has 0 saturated heterocycles. The summed E-state index contributed by atoms with van der Waals surface area (Å²) < 4.78 is 0. The van der Waals surface area contributed by atoms with Gasteiger partial charge in [-0.2, -0.15) is 5.10 Å². The smallest absolute Gasteiger partial charge is 0.232 e. The van der Waals surface area contributed by atoms with Gasteiger partial charge in [0.1, 0.15) is 5.71 Å². The van der Waals surface area contributed by atoms with Crippen molar-refractivity contribution in [3.8, 4) is 11.8 Å². The summed E-state index contributed by atoms with van der Waals surface area (Å²) in [5, 5.41) is 8.37. The standard InChI is InChI=1S/C14H12N4O/c15-14(19)10-1-2-12-11(7-10)8-13(18-17-12)9-3-5-16-6-4-9/h3-6,10-11H,7-8H2,(H2,15,19). The second-order valence-electron chi connectivity index (χ2n) is 4.63. The Balaban J connectivity index is 1.87.